The van der Waals surface area contributed by atoms with Crippen molar-refractivity contribution in [1.29, 1.82) is 5.26 Å². The Balaban J connectivity index is 1.14. The molecule has 1 atom stereocenters. The van der Waals surface area contributed by atoms with Crippen molar-refractivity contribution in [2.45, 2.75) is 6.17 Å². The van der Waals surface area contributed by atoms with Crippen LogP contribution < -0.4 is 5.32 Å². The molecule has 1 aliphatic heterocycles. The van der Waals surface area contributed by atoms with Crippen LogP contribution in [0.5, 0.6) is 0 Å². The van der Waals surface area contributed by atoms with Gasteiger partial charge in [0.15, 0.2) is 5.84 Å². The molecule has 0 spiro atoms. The molecule has 0 aliphatic carbocycles. The standard InChI is InChI=1S/C44H30N4/c45-29-30-15-17-31(18-16-30)32-19-23-34(24-20-32)41-28-39(27-38-13-7-8-14-40(38)41)33-21-25-37(26-22-33)44-47-42(35-9-3-1-4-10-35)46-43(48-44)36-11-5-2-6-12-36/h1-28,42H,(H,46,47,48). The summed E-state index contributed by atoms with van der Waals surface area (Å²) in [5.74, 6) is 1.51. The van der Waals surface area contributed by atoms with E-state index in [1.54, 1.807) is 0 Å². The van der Waals surface area contributed by atoms with Gasteiger partial charge in [0.1, 0.15) is 12.0 Å². The summed E-state index contributed by atoms with van der Waals surface area (Å²) in [7, 11) is 0. The maximum absolute atomic E-state index is 9.16. The number of hydrogen-bond donors (Lipinski definition) is 1. The van der Waals surface area contributed by atoms with E-state index < -0.39 is 0 Å². The number of aliphatic imine (C=N–C) groups is 2. The molecule has 7 aromatic carbocycles. The van der Waals surface area contributed by atoms with Crippen molar-refractivity contribution in [1.82, 2.24) is 5.32 Å². The van der Waals surface area contributed by atoms with Gasteiger partial charge in [0, 0.05) is 11.1 Å². The zero-order chi connectivity index (χ0) is 32.3. The lowest BCUT2D eigenvalue weighted by molar-refractivity contribution is 0.674. The Bertz CT molecular complexity index is 2330. The molecule has 1 unspecified atom stereocenters. The Morgan fingerprint density at radius 2 is 1.06 bits per heavy atom. The highest BCUT2D eigenvalue weighted by molar-refractivity contribution is 6.13. The number of nitrogens with one attached hydrogen (secondary N) is 1. The molecule has 0 saturated carbocycles. The third kappa shape index (κ3) is 5.77. The second kappa shape index (κ2) is 12.7. The van der Waals surface area contributed by atoms with E-state index in [4.69, 9.17) is 15.2 Å². The van der Waals surface area contributed by atoms with Gasteiger partial charge in [-0.2, -0.15) is 5.26 Å². The van der Waals surface area contributed by atoms with Gasteiger partial charge in [-0.1, -0.05) is 146 Å². The molecule has 8 rings (SSSR count). The van der Waals surface area contributed by atoms with Crippen LogP contribution in [0.1, 0.15) is 28.4 Å². The van der Waals surface area contributed by atoms with Crippen LogP contribution in [-0.2, 0) is 0 Å². The molecule has 48 heavy (non-hydrogen) atoms. The maximum Gasteiger partial charge on any atom is 0.159 e. The van der Waals surface area contributed by atoms with Gasteiger partial charge < -0.3 is 5.32 Å². The normalized spacial score (nSPS) is 14.0. The van der Waals surface area contributed by atoms with Gasteiger partial charge in [0.2, 0.25) is 0 Å². The van der Waals surface area contributed by atoms with Gasteiger partial charge in [-0.15, -0.1) is 0 Å². The molecule has 0 amide bonds. The highest BCUT2D eigenvalue weighted by atomic mass is 15.2. The van der Waals surface area contributed by atoms with Crippen molar-refractivity contribution in [2.75, 3.05) is 0 Å². The minimum atomic E-state index is -0.236. The van der Waals surface area contributed by atoms with Crippen LogP contribution in [0.3, 0.4) is 0 Å². The molecule has 0 saturated heterocycles. The van der Waals surface area contributed by atoms with Gasteiger partial charge in [-0.05, 0) is 74.0 Å². The number of amidine groups is 2. The van der Waals surface area contributed by atoms with Crippen molar-refractivity contribution < 1.29 is 0 Å². The van der Waals surface area contributed by atoms with E-state index in [1.807, 2.05) is 60.7 Å². The molecular formula is C44H30N4. The highest BCUT2D eigenvalue weighted by Gasteiger charge is 2.21. The topological polar surface area (TPSA) is 60.5 Å². The summed E-state index contributed by atoms with van der Waals surface area (Å²) >= 11 is 0. The number of benzene rings is 7. The predicted octanol–water partition coefficient (Wildman–Crippen LogP) is 10.2. The van der Waals surface area contributed by atoms with E-state index in [9.17, 15) is 0 Å². The Labute approximate surface area is 280 Å². The molecule has 1 N–H and O–H groups in total. The first kappa shape index (κ1) is 28.9. The van der Waals surface area contributed by atoms with Crippen LogP contribution in [-0.4, -0.2) is 11.7 Å². The molecule has 0 radical (unpaired) electrons. The summed E-state index contributed by atoms with van der Waals surface area (Å²) in [5.41, 5.74) is 10.6. The second-order valence-electron chi connectivity index (χ2n) is 11.8. The van der Waals surface area contributed by atoms with E-state index in [-0.39, 0.29) is 6.17 Å². The summed E-state index contributed by atoms with van der Waals surface area (Å²) in [6, 6.07) is 60.7. The molecule has 0 fully saturated rings. The molecule has 0 aromatic heterocycles. The number of nitriles is 1. The van der Waals surface area contributed by atoms with Crippen molar-refractivity contribution >= 4 is 22.4 Å². The Morgan fingerprint density at radius 3 is 1.75 bits per heavy atom. The third-order valence-corrected chi connectivity index (χ3v) is 8.79. The van der Waals surface area contributed by atoms with Crippen LogP contribution in [0.4, 0.5) is 0 Å². The molecule has 4 heteroatoms. The zero-order valence-corrected chi connectivity index (χ0v) is 26.1. The Hall–Kier alpha value is -6.57. The van der Waals surface area contributed by atoms with Crippen molar-refractivity contribution in [3.05, 3.63) is 192 Å². The van der Waals surface area contributed by atoms with Crippen LogP contribution in [0.2, 0.25) is 0 Å². The summed E-state index contributed by atoms with van der Waals surface area (Å²) in [5, 5.41) is 15.1. The van der Waals surface area contributed by atoms with Crippen molar-refractivity contribution in [2.24, 2.45) is 9.98 Å². The molecule has 0 bridgehead atoms. The first-order chi connectivity index (χ1) is 23.7. The molecule has 226 valence electrons. The van der Waals surface area contributed by atoms with Crippen molar-refractivity contribution in [3.63, 3.8) is 0 Å². The van der Waals surface area contributed by atoms with Gasteiger partial charge in [-0.25, -0.2) is 9.98 Å². The van der Waals surface area contributed by atoms with Crippen LogP contribution in [0, 0.1) is 11.3 Å². The minimum absolute atomic E-state index is 0.236. The van der Waals surface area contributed by atoms with E-state index in [0.29, 0.717) is 11.4 Å². The first-order valence-electron chi connectivity index (χ1n) is 16.0. The lowest BCUT2D eigenvalue weighted by Crippen LogP contribution is -2.33. The predicted molar refractivity (Wildman–Crippen MR) is 197 cm³/mol. The monoisotopic (exact) mass is 614 g/mol. The van der Waals surface area contributed by atoms with Crippen LogP contribution in [0.25, 0.3) is 44.2 Å². The highest BCUT2D eigenvalue weighted by Crippen LogP contribution is 2.35. The van der Waals surface area contributed by atoms with E-state index in [2.05, 4.69) is 121 Å². The molecule has 4 nitrogen and oxygen atoms in total. The lowest BCUT2D eigenvalue weighted by Gasteiger charge is -2.23. The molecule has 1 heterocycles. The lowest BCUT2D eigenvalue weighted by atomic mass is 9.92. The first-order valence-corrected chi connectivity index (χ1v) is 16.0. The minimum Gasteiger partial charge on any atom is -0.344 e. The van der Waals surface area contributed by atoms with Gasteiger partial charge in [0.05, 0.1) is 11.6 Å². The summed E-state index contributed by atoms with van der Waals surface area (Å²) < 4.78 is 0. The zero-order valence-electron chi connectivity index (χ0n) is 26.1. The molecule has 1 aliphatic rings. The fraction of sp³-hybridized carbons (Fsp3) is 0.0227. The third-order valence-electron chi connectivity index (χ3n) is 8.79. The van der Waals surface area contributed by atoms with E-state index >= 15 is 0 Å². The number of rotatable bonds is 6. The average Bonchev–Trinajstić information content (AvgIpc) is 3.18. The average molecular weight is 615 g/mol. The molecule has 7 aromatic rings. The van der Waals surface area contributed by atoms with Gasteiger partial charge in [-0.3, -0.25) is 0 Å². The summed E-state index contributed by atoms with van der Waals surface area (Å²) in [6.45, 7) is 0. The number of fused-ring (bicyclic) bond motifs is 1. The summed E-state index contributed by atoms with van der Waals surface area (Å²) in [6.07, 6.45) is -0.236. The quantitative estimate of drug-likeness (QED) is 0.203. The fourth-order valence-electron chi connectivity index (χ4n) is 6.23. The maximum atomic E-state index is 9.16. The molecular weight excluding hydrogens is 585 g/mol. The number of hydrogen-bond acceptors (Lipinski definition) is 4. The van der Waals surface area contributed by atoms with Gasteiger partial charge in [0.25, 0.3) is 0 Å². The smallest absolute Gasteiger partial charge is 0.159 e. The van der Waals surface area contributed by atoms with E-state index in [1.165, 1.54) is 16.3 Å². The fourth-order valence-corrected chi connectivity index (χ4v) is 6.23. The second-order valence-corrected chi connectivity index (χ2v) is 11.8. The SMILES string of the molecule is N#Cc1ccc(-c2ccc(-c3cc(-c4ccc(C5=NC(c6ccccc6)NC(c6ccccc6)=N5)cc4)cc4ccccc34)cc2)cc1. The van der Waals surface area contributed by atoms with Gasteiger partial charge >= 0.3 is 0 Å². The summed E-state index contributed by atoms with van der Waals surface area (Å²) in [4.78, 5) is 10.0. The van der Waals surface area contributed by atoms with E-state index in [0.717, 1.165) is 50.3 Å². The Kier molecular flexibility index (Phi) is 7.62. The van der Waals surface area contributed by atoms with Crippen LogP contribution in [0.15, 0.2) is 180 Å². The number of nitrogens with zero attached hydrogens (tertiary/aromatic N) is 3. The van der Waals surface area contributed by atoms with Crippen molar-refractivity contribution in [3.8, 4) is 39.4 Å². The Morgan fingerprint density at radius 1 is 0.500 bits per heavy atom. The van der Waals surface area contributed by atoms with Crippen LogP contribution >= 0.6 is 0 Å². The largest absolute Gasteiger partial charge is 0.344 e.